The van der Waals surface area contributed by atoms with E-state index in [9.17, 15) is 0 Å². The van der Waals surface area contributed by atoms with Crippen molar-refractivity contribution in [2.45, 2.75) is 70.0 Å². The Labute approximate surface area is 122 Å². The molecule has 0 N–H and O–H groups in total. The topological polar surface area (TPSA) is 18.5 Å². The molecule has 1 atom stereocenters. The summed E-state index contributed by atoms with van der Waals surface area (Å²) in [4.78, 5) is 0. The van der Waals surface area contributed by atoms with Crippen LogP contribution in [0.3, 0.4) is 0 Å². The first-order chi connectivity index (χ1) is 9.80. The van der Waals surface area contributed by atoms with Gasteiger partial charge in [0.25, 0.3) is 0 Å². The lowest BCUT2D eigenvalue weighted by molar-refractivity contribution is -0.0748. The van der Waals surface area contributed by atoms with E-state index in [2.05, 4.69) is 25.1 Å². The highest BCUT2D eigenvalue weighted by molar-refractivity contribution is 5.28. The highest BCUT2D eigenvalue weighted by atomic mass is 16.6. The van der Waals surface area contributed by atoms with Gasteiger partial charge in [0.2, 0.25) is 0 Å². The molecule has 1 aliphatic heterocycles. The van der Waals surface area contributed by atoms with Crippen molar-refractivity contribution < 1.29 is 9.47 Å². The normalized spacial score (nSPS) is 24.9. The summed E-state index contributed by atoms with van der Waals surface area (Å²) in [6.45, 7) is 2.88. The van der Waals surface area contributed by atoms with Gasteiger partial charge in [0, 0.05) is 0 Å². The average molecular weight is 274 g/mol. The van der Waals surface area contributed by atoms with E-state index < -0.39 is 0 Å². The first-order valence-electron chi connectivity index (χ1n) is 8.19. The van der Waals surface area contributed by atoms with Crippen molar-refractivity contribution in [3.05, 3.63) is 29.8 Å². The summed E-state index contributed by atoms with van der Waals surface area (Å²) in [5, 5.41) is 0. The summed E-state index contributed by atoms with van der Waals surface area (Å²) in [7, 11) is 0. The second-order valence-electron chi connectivity index (χ2n) is 6.33. The van der Waals surface area contributed by atoms with Crippen LogP contribution in [0.15, 0.2) is 24.3 Å². The molecule has 2 nitrogen and oxygen atoms in total. The molecular weight excluding hydrogens is 248 g/mol. The second kappa shape index (κ2) is 6.17. The fraction of sp³-hybridized carbons (Fsp3) is 0.667. The molecule has 1 unspecified atom stereocenters. The average Bonchev–Trinajstić information content (AvgIpc) is 2.89. The highest BCUT2D eigenvalue weighted by Crippen LogP contribution is 2.41. The Kier molecular flexibility index (Phi) is 4.30. The molecule has 2 heteroatoms. The fourth-order valence-electron chi connectivity index (χ4n) is 3.62. The minimum atomic E-state index is 0.206. The Morgan fingerprint density at radius 1 is 1.20 bits per heavy atom. The Morgan fingerprint density at radius 3 is 2.85 bits per heavy atom. The van der Waals surface area contributed by atoms with Crippen LogP contribution in [0.4, 0.5) is 0 Å². The molecule has 0 amide bonds. The van der Waals surface area contributed by atoms with Gasteiger partial charge in [0.15, 0.2) is 0 Å². The second-order valence-corrected chi connectivity index (χ2v) is 6.33. The molecule has 110 valence electrons. The van der Waals surface area contributed by atoms with Crippen molar-refractivity contribution >= 4 is 0 Å². The maximum Gasteiger partial charge on any atom is 0.119 e. The molecule has 1 saturated heterocycles. The van der Waals surface area contributed by atoms with E-state index in [-0.39, 0.29) is 5.60 Å². The van der Waals surface area contributed by atoms with Crippen LogP contribution in [0.25, 0.3) is 0 Å². The number of hydrogen-bond donors (Lipinski definition) is 0. The molecule has 1 saturated carbocycles. The molecule has 20 heavy (non-hydrogen) atoms. The number of ether oxygens (including phenoxy) is 2. The number of aryl methyl sites for hydroxylation is 1. The van der Waals surface area contributed by atoms with Crippen LogP contribution < -0.4 is 4.74 Å². The van der Waals surface area contributed by atoms with Crippen LogP contribution in [0, 0.1) is 0 Å². The first kappa shape index (κ1) is 13.9. The van der Waals surface area contributed by atoms with Gasteiger partial charge in [0.1, 0.15) is 12.4 Å². The third-order valence-electron chi connectivity index (χ3n) is 4.85. The minimum Gasteiger partial charge on any atom is -0.491 e. The van der Waals surface area contributed by atoms with E-state index in [1.165, 1.54) is 44.1 Å². The largest absolute Gasteiger partial charge is 0.491 e. The zero-order valence-corrected chi connectivity index (χ0v) is 12.6. The Hall–Kier alpha value is -1.02. The Balaban J connectivity index is 1.51. The molecular formula is C18H26O2. The molecule has 0 aromatic heterocycles. The minimum absolute atomic E-state index is 0.206. The summed E-state index contributed by atoms with van der Waals surface area (Å²) < 4.78 is 12.3. The molecule has 1 aliphatic carbocycles. The summed E-state index contributed by atoms with van der Waals surface area (Å²) in [6.07, 6.45) is 10.3. The first-order valence-corrected chi connectivity index (χ1v) is 8.19. The van der Waals surface area contributed by atoms with Gasteiger partial charge < -0.3 is 9.47 Å². The van der Waals surface area contributed by atoms with Crippen LogP contribution in [-0.2, 0) is 11.2 Å². The van der Waals surface area contributed by atoms with Crippen molar-refractivity contribution in [3.8, 4) is 5.75 Å². The number of rotatable bonds is 4. The van der Waals surface area contributed by atoms with Crippen LogP contribution in [-0.4, -0.2) is 18.3 Å². The lowest BCUT2D eigenvalue weighted by Gasteiger charge is -2.33. The smallest absolute Gasteiger partial charge is 0.119 e. The lowest BCUT2D eigenvalue weighted by atomic mass is 9.83. The van der Waals surface area contributed by atoms with Crippen molar-refractivity contribution in [2.24, 2.45) is 0 Å². The fourth-order valence-corrected chi connectivity index (χ4v) is 3.62. The number of benzene rings is 1. The summed E-state index contributed by atoms with van der Waals surface area (Å²) in [6, 6.07) is 8.41. The third kappa shape index (κ3) is 3.17. The van der Waals surface area contributed by atoms with Crippen molar-refractivity contribution in [1.29, 1.82) is 0 Å². The summed E-state index contributed by atoms with van der Waals surface area (Å²) in [5.41, 5.74) is 1.54. The quantitative estimate of drug-likeness (QED) is 0.804. The van der Waals surface area contributed by atoms with Crippen LogP contribution in [0.1, 0.15) is 57.4 Å². The molecule has 1 aromatic carbocycles. The van der Waals surface area contributed by atoms with Crippen LogP contribution >= 0.6 is 0 Å². The monoisotopic (exact) mass is 274 g/mol. The molecule has 2 fully saturated rings. The van der Waals surface area contributed by atoms with Gasteiger partial charge in [0.05, 0.1) is 11.7 Å². The Bertz CT molecular complexity index is 435. The van der Waals surface area contributed by atoms with E-state index in [1.54, 1.807) is 0 Å². The van der Waals surface area contributed by atoms with Gasteiger partial charge in [-0.3, -0.25) is 0 Å². The SMILES string of the molecule is CCc1cccc(OCC2CCC3(CCCCC3)O2)c1. The molecule has 1 spiro atoms. The van der Waals surface area contributed by atoms with E-state index >= 15 is 0 Å². The van der Waals surface area contributed by atoms with Crippen molar-refractivity contribution in [2.75, 3.05) is 6.61 Å². The number of hydrogen-bond acceptors (Lipinski definition) is 2. The molecule has 2 aliphatic rings. The lowest BCUT2D eigenvalue weighted by Crippen LogP contribution is -2.32. The van der Waals surface area contributed by atoms with E-state index in [1.807, 2.05) is 6.07 Å². The Morgan fingerprint density at radius 2 is 2.05 bits per heavy atom. The van der Waals surface area contributed by atoms with Crippen LogP contribution in [0.5, 0.6) is 5.75 Å². The molecule has 0 bridgehead atoms. The van der Waals surface area contributed by atoms with Gasteiger partial charge in [-0.2, -0.15) is 0 Å². The standard InChI is InChI=1S/C18H26O2/c1-2-15-7-6-8-16(13-15)19-14-17-9-12-18(20-17)10-4-3-5-11-18/h6-8,13,17H,2-5,9-12,14H2,1H3. The van der Waals surface area contributed by atoms with E-state index in [0.29, 0.717) is 12.7 Å². The van der Waals surface area contributed by atoms with Gasteiger partial charge in [-0.05, 0) is 49.8 Å². The predicted molar refractivity (Wildman–Crippen MR) is 81.2 cm³/mol. The van der Waals surface area contributed by atoms with Gasteiger partial charge in [-0.15, -0.1) is 0 Å². The molecule has 1 aromatic rings. The van der Waals surface area contributed by atoms with Gasteiger partial charge >= 0.3 is 0 Å². The van der Waals surface area contributed by atoms with E-state index in [4.69, 9.17) is 9.47 Å². The zero-order valence-electron chi connectivity index (χ0n) is 12.6. The highest BCUT2D eigenvalue weighted by Gasteiger charge is 2.40. The van der Waals surface area contributed by atoms with Crippen LogP contribution in [0.2, 0.25) is 0 Å². The van der Waals surface area contributed by atoms with Crippen molar-refractivity contribution in [3.63, 3.8) is 0 Å². The molecule has 1 heterocycles. The predicted octanol–water partition coefficient (Wildman–Crippen LogP) is 4.51. The van der Waals surface area contributed by atoms with E-state index in [0.717, 1.165) is 18.6 Å². The maximum absolute atomic E-state index is 6.34. The van der Waals surface area contributed by atoms with Gasteiger partial charge in [-0.25, -0.2) is 0 Å². The summed E-state index contributed by atoms with van der Waals surface area (Å²) >= 11 is 0. The zero-order chi connectivity index (χ0) is 13.8. The van der Waals surface area contributed by atoms with Crippen molar-refractivity contribution in [1.82, 2.24) is 0 Å². The molecule has 3 rings (SSSR count). The maximum atomic E-state index is 6.34. The molecule has 0 radical (unpaired) electrons. The summed E-state index contributed by atoms with van der Waals surface area (Å²) in [5.74, 6) is 0.984. The van der Waals surface area contributed by atoms with Gasteiger partial charge in [-0.1, -0.05) is 38.3 Å². The third-order valence-corrected chi connectivity index (χ3v) is 4.85.